The second-order valence-corrected chi connectivity index (χ2v) is 3.29. The van der Waals surface area contributed by atoms with Crippen LogP contribution in [0.4, 0.5) is 0 Å². The van der Waals surface area contributed by atoms with Gasteiger partial charge in [0, 0.05) is 0 Å². The quantitative estimate of drug-likeness (QED) is 0.505. The van der Waals surface area contributed by atoms with E-state index < -0.39 is 30.3 Å². The van der Waals surface area contributed by atoms with Crippen molar-refractivity contribution in [3.8, 4) is 0 Å². The van der Waals surface area contributed by atoms with Gasteiger partial charge in [0.2, 0.25) is 5.91 Å². The van der Waals surface area contributed by atoms with Crippen molar-refractivity contribution in [2.75, 3.05) is 20.6 Å². The first kappa shape index (κ1) is 13.4. The Bertz CT molecular complexity index is 264. The Labute approximate surface area is 86.7 Å². The number of nitrogens with zero attached hydrogens (tertiary/aromatic N) is 1. The molecular weight excluding hydrogens is 204 g/mol. The van der Waals surface area contributed by atoms with Gasteiger partial charge in [0.05, 0.1) is 13.0 Å². The predicted octanol–water partition coefficient (Wildman–Crippen LogP) is -1.41. The zero-order valence-electron chi connectivity index (χ0n) is 8.56. The highest BCUT2D eigenvalue weighted by atomic mass is 16.4. The average Bonchev–Trinajstić information content (AvgIpc) is 1.99. The lowest BCUT2D eigenvalue weighted by Crippen LogP contribution is -2.45. The summed E-state index contributed by atoms with van der Waals surface area (Å²) < 4.78 is 0. The third-order valence-electron chi connectivity index (χ3n) is 1.47. The molecule has 0 fully saturated rings. The van der Waals surface area contributed by atoms with Gasteiger partial charge in [-0.25, -0.2) is 4.79 Å². The average molecular weight is 218 g/mol. The summed E-state index contributed by atoms with van der Waals surface area (Å²) in [5.41, 5.74) is 0. The molecule has 0 aromatic heterocycles. The van der Waals surface area contributed by atoms with Crippen LogP contribution in [0.3, 0.4) is 0 Å². The van der Waals surface area contributed by atoms with Crippen LogP contribution >= 0.6 is 0 Å². The van der Waals surface area contributed by atoms with Crippen LogP contribution < -0.4 is 5.32 Å². The van der Waals surface area contributed by atoms with Crippen LogP contribution in [0.2, 0.25) is 0 Å². The number of aliphatic carboxylic acids is 2. The standard InChI is InChI=1S/C8H14N2O5/c1-10(2)4-6(11)9-5(8(14)15)3-7(12)13/h5H,3-4H2,1-2H3,(H,9,11)(H,12,13)(H,14,15). The molecule has 15 heavy (non-hydrogen) atoms. The minimum absolute atomic E-state index is 0.0173. The molecule has 7 nitrogen and oxygen atoms in total. The second-order valence-electron chi connectivity index (χ2n) is 3.29. The molecule has 0 aliphatic heterocycles. The monoisotopic (exact) mass is 218 g/mol. The number of carboxylic acid groups (broad SMARTS) is 2. The van der Waals surface area contributed by atoms with Crippen molar-refractivity contribution in [2.45, 2.75) is 12.5 Å². The van der Waals surface area contributed by atoms with Gasteiger partial charge < -0.3 is 20.4 Å². The van der Waals surface area contributed by atoms with E-state index in [0.29, 0.717) is 0 Å². The lowest BCUT2D eigenvalue weighted by molar-refractivity contribution is -0.147. The number of likely N-dealkylation sites (N-methyl/N-ethyl adjacent to an activating group) is 1. The third-order valence-corrected chi connectivity index (χ3v) is 1.47. The molecule has 3 N–H and O–H groups in total. The Hall–Kier alpha value is -1.63. The summed E-state index contributed by atoms with van der Waals surface area (Å²) in [4.78, 5) is 33.5. The van der Waals surface area contributed by atoms with Gasteiger partial charge in [-0.2, -0.15) is 0 Å². The summed E-state index contributed by atoms with van der Waals surface area (Å²) in [6.45, 7) is 0.0173. The smallest absolute Gasteiger partial charge is 0.326 e. The highest BCUT2D eigenvalue weighted by Gasteiger charge is 2.22. The first-order valence-electron chi connectivity index (χ1n) is 4.21. The molecule has 0 aromatic rings. The number of carbonyl (C=O) groups excluding carboxylic acids is 1. The van der Waals surface area contributed by atoms with Gasteiger partial charge in [0.1, 0.15) is 6.04 Å². The molecule has 0 saturated heterocycles. The molecule has 0 rings (SSSR count). The van der Waals surface area contributed by atoms with E-state index in [1.165, 1.54) is 0 Å². The van der Waals surface area contributed by atoms with E-state index in [9.17, 15) is 14.4 Å². The van der Waals surface area contributed by atoms with Gasteiger partial charge in [0.15, 0.2) is 0 Å². The number of hydrogen-bond donors (Lipinski definition) is 3. The SMILES string of the molecule is CN(C)CC(=O)NC(CC(=O)O)C(=O)O. The minimum Gasteiger partial charge on any atom is -0.481 e. The Morgan fingerprint density at radius 2 is 1.80 bits per heavy atom. The molecular formula is C8H14N2O5. The molecule has 0 aliphatic carbocycles. The fourth-order valence-corrected chi connectivity index (χ4v) is 0.902. The summed E-state index contributed by atoms with van der Waals surface area (Å²) in [6.07, 6.45) is -0.630. The maximum Gasteiger partial charge on any atom is 0.326 e. The molecule has 0 heterocycles. The van der Waals surface area contributed by atoms with Crippen LogP contribution in [-0.4, -0.2) is 59.6 Å². The summed E-state index contributed by atoms with van der Waals surface area (Å²) >= 11 is 0. The highest BCUT2D eigenvalue weighted by molar-refractivity contribution is 5.87. The van der Waals surface area contributed by atoms with E-state index in [2.05, 4.69) is 5.32 Å². The van der Waals surface area contributed by atoms with Gasteiger partial charge in [0.25, 0.3) is 0 Å². The van der Waals surface area contributed by atoms with Crippen LogP contribution in [-0.2, 0) is 14.4 Å². The Balaban J connectivity index is 4.22. The van der Waals surface area contributed by atoms with Crippen molar-refractivity contribution in [2.24, 2.45) is 0 Å². The number of nitrogens with one attached hydrogen (secondary N) is 1. The van der Waals surface area contributed by atoms with Crippen molar-refractivity contribution < 1.29 is 24.6 Å². The van der Waals surface area contributed by atoms with Crippen molar-refractivity contribution in [3.05, 3.63) is 0 Å². The molecule has 0 bridgehead atoms. The first-order chi connectivity index (χ1) is 6.82. The summed E-state index contributed by atoms with van der Waals surface area (Å²) in [6, 6.07) is -1.38. The second kappa shape index (κ2) is 5.97. The van der Waals surface area contributed by atoms with Crippen LogP contribution in [0.15, 0.2) is 0 Å². The number of carboxylic acids is 2. The molecule has 86 valence electrons. The Morgan fingerprint density at radius 1 is 1.27 bits per heavy atom. The molecule has 1 unspecified atom stereocenters. The van der Waals surface area contributed by atoms with Crippen LogP contribution in [0.1, 0.15) is 6.42 Å². The first-order valence-corrected chi connectivity index (χ1v) is 4.21. The normalized spacial score (nSPS) is 12.2. The lowest BCUT2D eigenvalue weighted by atomic mass is 10.2. The molecule has 7 heteroatoms. The fourth-order valence-electron chi connectivity index (χ4n) is 0.902. The van der Waals surface area contributed by atoms with Gasteiger partial charge >= 0.3 is 11.9 Å². The summed E-state index contributed by atoms with van der Waals surface area (Å²) in [5, 5.41) is 19.1. The minimum atomic E-state index is -1.38. The van der Waals surface area contributed by atoms with Crippen molar-refractivity contribution in [3.63, 3.8) is 0 Å². The zero-order chi connectivity index (χ0) is 12.0. The van der Waals surface area contributed by atoms with Crippen LogP contribution in [0.5, 0.6) is 0 Å². The third kappa shape index (κ3) is 6.44. The molecule has 1 amide bonds. The molecule has 1 atom stereocenters. The van der Waals surface area contributed by atoms with E-state index in [-0.39, 0.29) is 6.54 Å². The summed E-state index contributed by atoms with van der Waals surface area (Å²) in [7, 11) is 3.29. The maximum atomic E-state index is 11.1. The van der Waals surface area contributed by atoms with E-state index in [1.54, 1.807) is 19.0 Å². The Kier molecular flexibility index (Phi) is 5.32. The van der Waals surface area contributed by atoms with Crippen molar-refractivity contribution >= 4 is 17.8 Å². The Morgan fingerprint density at radius 3 is 2.13 bits per heavy atom. The largest absolute Gasteiger partial charge is 0.481 e. The molecule has 0 aromatic carbocycles. The van der Waals surface area contributed by atoms with E-state index >= 15 is 0 Å². The highest BCUT2D eigenvalue weighted by Crippen LogP contribution is 1.93. The molecule has 0 saturated carbocycles. The van der Waals surface area contributed by atoms with Gasteiger partial charge in [-0.15, -0.1) is 0 Å². The lowest BCUT2D eigenvalue weighted by Gasteiger charge is -2.14. The number of carbonyl (C=O) groups is 3. The number of hydrogen-bond acceptors (Lipinski definition) is 4. The predicted molar refractivity (Wildman–Crippen MR) is 50.4 cm³/mol. The van der Waals surface area contributed by atoms with E-state index in [4.69, 9.17) is 10.2 Å². The maximum absolute atomic E-state index is 11.1. The molecule has 0 radical (unpaired) electrons. The topological polar surface area (TPSA) is 107 Å². The molecule has 0 spiro atoms. The van der Waals surface area contributed by atoms with E-state index in [0.717, 1.165) is 0 Å². The van der Waals surface area contributed by atoms with Crippen molar-refractivity contribution in [1.29, 1.82) is 0 Å². The van der Waals surface area contributed by atoms with Crippen molar-refractivity contribution in [1.82, 2.24) is 10.2 Å². The van der Waals surface area contributed by atoms with Crippen LogP contribution in [0.25, 0.3) is 0 Å². The van der Waals surface area contributed by atoms with Crippen LogP contribution in [0, 0.1) is 0 Å². The fraction of sp³-hybridized carbons (Fsp3) is 0.625. The molecule has 0 aliphatic rings. The number of rotatable bonds is 6. The number of amides is 1. The zero-order valence-corrected chi connectivity index (χ0v) is 8.56. The van der Waals surface area contributed by atoms with Gasteiger partial charge in [-0.05, 0) is 14.1 Å². The van der Waals surface area contributed by atoms with E-state index in [1.807, 2.05) is 0 Å². The van der Waals surface area contributed by atoms with Gasteiger partial charge in [-0.1, -0.05) is 0 Å². The summed E-state index contributed by atoms with van der Waals surface area (Å²) in [5.74, 6) is -3.15. The van der Waals surface area contributed by atoms with Gasteiger partial charge in [-0.3, -0.25) is 9.59 Å².